The number of hydrogen-bond acceptors (Lipinski definition) is 4. The molecule has 1 aliphatic heterocycles. The summed E-state index contributed by atoms with van der Waals surface area (Å²) in [7, 11) is 0. The monoisotopic (exact) mass is 345 g/mol. The van der Waals surface area contributed by atoms with Gasteiger partial charge in [0.2, 0.25) is 12.7 Å². The number of ketones is 1. The fourth-order valence-corrected chi connectivity index (χ4v) is 2.34. The van der Waals surface area contributed by atoms with Crippen molar-refractivity contribution in [1.29, 1.82) is 0 Å². The number of halogens is 2. The second-order valence-corrected chi connectivity index (χ2v) is 5.27. The minimum Gasteiger partial charge on any atom is -0.454 e. The molecule has 1 amide bonds. The molecule has 0 fully saturated rings. The summed E-state index contributed by atoms with van der Waals surface area (Å²) in [6.07, 6.45) is 2.01. The molecule has 0 unspecified atom stereocenters. The third-order valence-electron chi connectivity index (χ3n) is 3.55. The molecular weight excluding hydrogens is 332 g/mol. The number of anilines is 1. The topological polar surface area (TPSA) is 64.6 Å². The second kappa shape index (κ2) is 6.72. The van der Waals surface area contributed by atoms with Gasteiger partial charge in [-0.25, -0.2) is 8.78 Å². The third kappa shape index (κ3) is 3.50. The molecule has 0 radical (unpaired) electrons. The molecule has 0 atom stereocenters. The molecule has 3 rings (SSSR count). The van der Waals surface area contributed by atoms with Crippen LogP contribution in [0.3, 0.4) is 0 Å². The molecule has 0 bridgehead atoms. The van der Waals surface area contributed by atoms with E-state index in [0.717, 1.165) is 24.3 Å². The molecule has 128 valence electrons. The lowest BCUT2D eigenvalue weighted by Gasteiger charge is -2.09. The van der Waals surface area contributed by atoms with Crippen molar-refractivity contribution in [2.75, 3.05) is 12.1 Å². The lowest BCUT2D eigenvalue weighted by Crippen LogP contribution is -2.11. The molecular formula is C18H13F2NO4. The molecule has 1 N–H and O–H groups in total. The molecule has 0 saturated heterocycles. The Balaban J connectivity index is 1.84. The van der Waals surface area contributed by atoms with Crippen LogP contribution in [0.15, 0.2) is 36.4 Å². The molecule has 0 aliphatic carbocycles. The molecule has 2 aromatic carbocycles. The van der Waals surface area contributed by atoms with E-state index in [-0.39, 0.29) is 29.4 Å². The van der Waals surface area contributed by atoms with Gasteiger partial charge in [-0.1, -0.05) is 6.07 Å². The molecule has 5 nitrogen and oxygen atoms in total. The highest BCUT2D eigenvalue weighted by Crippen LogP contribution is 2.37. The van der Waals surface area contributed by atoms with Crippen molar-refractivity contribution in [3.05, 3.63) is 59.2 Å². The summed E-state index contributed by atoms with van der Waals surface area (Å²) in [5.41, 5.74) is 0.138. The number of Topliss-reactive ketones (excluding diaryl/α,β-unsaturated/α-hetero) is 1. The van der Waals surface area contributed by atoms with Crippen LogP contribution in [0.4, 0.5) is 14.5 Å². The van der Waals surface area contributed by atoms with Gasteiger partial charge in [0.1, 0.15) is 11.6 Å². The van der Waals surface area contributed by atoms with E-state index in [2.05, 4.69) is 5.32 Å². The number of nitrogens with one attached hydrogen (secondary N) is 1. The molecule has 25 heavy (non-hydrogen) atoms. The van der Waals surface area contributed by atoms with Crippen molar-refractivity contribution >= 4 is 23.5 Å². The van der Waals surface area contributed by atoms with E-state index < -0.39 is 17.5 Å². The molecule has 1 aliphatic rings. The number of benzene rings is 2. The van der Waals surface area contributed by atoms with Crippen LogP contribution in [0.25, 0.3) is 6.08 Å². The fraction of sp³-hybridized carbons (Fsp3) is 0.111. The van der Waals surface area contributed by atoms with Crippen LogP contribution >= 0.6 is 0 Å². The average molecular weight is 345 g/mol. The predicted molar refractivity (Wildman–Crippen MR) is 86.6 cm³/mol. The van der Waals surface area contributed by atoms with Gasteiger partial charge in [-0.15, -0.1) is 0 Å². The van der Waals surface area contributed by atoms with Crippen LogP contribution in [0, 0.1) is 11.6 Å². The molecule has 7 heteroatoms. The highest BCUT2D eigenvalue weighted by Gasteiger charge is 2.20. The predicted octanol–water partition coefficient (Wildman–Crippen LogP) is 3.55. The summed E-state index contributed by atoms with van der Waals surface area (Å²) in [5, 5.41) is 2.50. The summed E-state index contributed by atoms with van der Waals surface area (Å²) < 4.78 is 37.5. The van der Waals surface area contributed by atoms with E-state index in [0.29, 0.717) is 11.5 Å². The van der Waals surface area contributed by atoms with Gasteiger partial charge in [0.15, 0.2) is 17.3 Å². The zero-order valence-corrected chi connectivity index (χ0v) is 13.1. The second-order valence-electron chi connectivity index (χ2n) is 5.27. The first-order valence-corrected chi connectivity index (χ1v) is 7.33. The van der Waals surface area contributed by atoms with Crippen LogP contribution in [0.2, 0.25) is 0 Å². The minimum atomic E-state index is -0.781. The molecule has 0 saturated carbocycles. The van der Waals surface area contributed by atoms with Crippen molar-refractivity contribution in [2.24, 2.45) is 0 Å². The van der Waals surface area contributed by atoms with Gasteiger partial charge in [0, 0.05) is 23.3 Å². The van der Waals surface area contributed by atoms with E-state index in [4.69, 9.17) is 9.47 Å². The lowest BCUT2D eigenvalue weighted by atomic mass is 10.1. The summed E-state index contributed by atoms with van der Waals surface area (Å²) in [6, 6.07) is 6.35. The van der Waals surface area contributed by atoms with Crippen LogP contribution in [-0.4, -0.2) is 18.5 Å². The number of hydrogen-bond donors (Lipinski definition) is 1. The quantitative estimate of drug-likeness (QED) is 0.680. The minimum absolute atomic E-state index is 0.0243. The van der Waals surface area contributed by atoms with Crippen molar-refractivity contribution in [3.8, 4) is 11.5 Å². The third-order valence-corrected chi connectivity index (χ3v) is 3.55. The zero-order valence-electron chi connectivity index (χ0n) is 13.1. The number of ether oxygens (including phenoxy) is 2. The summed E-state index contributed by atoms with van der Waals surface area (Å²) in [4.78, 5) is 23.8. The van der Waals surface area contributed by atoms with Gasteiger partial charge in [0.05, 0.1) is 5.69 Å². The zero-order chi connectivity index (χ0) is 18.0. The van der Waals surface area contributed by atoms with Crippen LogP contribution in [0.5, 0.6) is 11.5 Å². The largest absolute Gasteiger partial charge is 0.454 e. The Morgan fingerprint density at radius 2 is 1.76 bits per heavy atom. The smallest absolute Gasteiger partial charge is 0.248 e. The first-order valence-electron chi connectivity index (χ1n) is 7.33. The van der Waals surface area contributed by atoms with E-state index in [1.807, 2.05) is 0 Å². The Morgan fingerprint density at radius 1 is 1.12 bits per heavy atom. The van der Waals surface area contributed by atoms with Gasteiger partial charge >= 0.3 is 0 Å². The van der Waals surface area contributed by atoms with Gasteiger partial charge in [-0.2, -0.15) is 0 Å². The SMILES string of the molecule is CC(=O)c1cc2c(cc1NC(=O)C=Cc1c(F)cccc1F)OCO2. The van der Waals surface area contributed by atoms with Gasteiger partial charge in [0.25, 0.3) is 0 Å². The molecule has 2 aromatic rings. The maximum atomic E-state index is 13.5. The normalized spacial score (nSPS) is 12.4. The lowest BCUT2D eigenvalue weighted by molar-refractivity contribution is -0.111. The highest BCUT2D eigenvalue weighted by molar-refractivity contribution is 6.08. The molecule has 0 spiro atoms. The Bertz CT molecular complexity index is 873. The Hall–Kier alpha value is -3.22. The van der Waals surface area contributed by atoms with Gasteiger partial charge in [-0.05, 0) is 31.2 Å². The van der Waals surface area contributed by atoms with Crippen molar-refractivity contribution in [3.63, 3.8) is 0 Å². The Labute approximate surface area is 141 Å². The number of amides is 1. The standard InChI is InChI=1S/C18H13F2NO4/c1-10(22)12-7-16-17(25-9-24-16)8-15(12)21-18(23)6-5-11-13(19)3-2-4-14(11)20/h2-8H,9H2,1H3,(H,21,23). The number of carbonyl (C=O) groups is 2. The van der Waals surface area contributed by atoms with E-state index in [9.17, 15) is 18.4 Å². The Kier molecular flexibility index (Phi) is 4.47. The molecule has 1 heterocycles. The Morgan fingerprint density at radius 3 is 2.40 bits per heavy atom. The average Bonchev–Trinajstić information content (AvgIpc) is 3.00. The van der Waals surface area contributed by atoms with Crippen LogP contribution in [-0.2, 0) is 4.79 Å². The fourth-order valence-electron chi connectivity index (χ4n) is 2.34. The maximum Gasteiger partial charge on any atom is 0.248 e. The summed E-state index contributed by atoms with van der Waals surface area (Å²) >= 11 is 0. The van der Waals surface area contributed by atoms with Crippen molar-refractivity contribution < 1.29 is 27.8 Å². The summed E-state index contributed by atoms with van der Waals surface area (Å²) in [5.74, 6) is -1.69. The first-order chi connectivity index (χ1) is 12.0. The number of fused-ring (bicyclic) bond motifs is 1. The number of carbonyl (C=O) groups excluding carboxylic acids is 2. The van der Waals surface area contributed by atoms with Crippen molar-refractivity contribution in [1.82, 2.24) is 0 Å². The van der Waals surface area contributed by atoms with Crippen LogP contribution in [0.1, 0.15) is 22.8 Å². The highest BCUT2D eigenvalue weighted by atomic mass is 19.1. The van der Waals surface area contributed by atoms with Crippen molar-refractivity contribution in [2.45, 2.75) is 6.92 Å². The molecule has 0 aromatic heterocycles. The van der Waals surface area contributed by atoms with Crippen LogP contribution < -0.4 is 14.8 Å². The van der Waals surface area contributed by atoms with E-state index in [1.165, 1.54) is 25.1 Å². The number of rotatable bonds is 4. The van der Waals surface area contributed by atoms with Gasteiger partial charge < -0.3 is 14.8 Å². The summed E-state index contributed by atoms with van der Waals surface area (Å²) in [6.45, 7) is 1.37. The first kappa shape index (κ1) is 16.6. The van der Waals surface area contributed by atoms with E-state index >= 15 is 0 Å². The van der Waals surface area contributed by atoms with E-state index in [1.54, 1.807) is 0 Å². The maximum absolute atomic E-state index is 13.5. The van der Waals surface area contributed by atoms with Gasteiger partial charge in [-0.3, -0.25) is 9.59 Å².